The molecule has 0 saturated heterocycles. The molecule has 0 bridgehead atoms. The summed E-state index contributed by atoms with van der Waals surface area (Å²) in [6.45, 7) is -3.69. The Labute approximate surface area is 145 Å². The van der Waals surface area contributed by atoms with Crippen molar-refractivity contribution in [1.29, 1.82) is 0 Å². The van der Waals surface area contributed by atoms with Crippen molar-refractivity contribution in [3.05, 3.63) is 29.8 Å². The predicted molar refractivity (Wildman–Crippen MR) is 82.3 cm³/mol. The SMILES string of the molecule is [2H]C([2H])([2H])Oc1ccc([C@@H](CN(C)C([2H])([2H])[2H])C2(O)C([2H])([2H])C([2H])([2H])C([2H])([2H])C([2H])([2H])C2([2H])[2H])cc1. The van der Waals surface area contributed by atoms with Crippen LogP contribution in [-0.4, -0.2) is 43.2 Å². The number of hydrogen-bond acceptors (Lipinski definition) is 3. The molecule has 0 amide bonds. The molecule has 2 rings (SSSR count). The van der Waals surface area contributed by atoms with Crippen LogP contribution < -0.4 is 4.74 Å². The van der Waals surface area contributed by atoms with E-state index in [2.05, 4.69) is 0 Å². The van der Waals surface area contributed by atoms with Gasteiger partial charge in [-0.1, -0.05) is 31.3 Å². The molecule has 3 nitrogen and oxygen atoms in total. The van der Waals surface area contributed by atoms with Crippen molar-refractivity contribution in [2.75, 3.05) is 27.6 Å². The van der Waals surface area contributed by atoms with Crippen molar-refractivity contribution in [3.63, 3.8) is 0 Å². The van der Waals surface area contributed by atoms with Gasteiger partial charge in [0, 0.05) is 30.3 Å². The molecule has 0 unspecified atom stereocenters. The van der Waals surface area contributed by atoms with Gasteiger partial charge in [-0.15, -0.1) is 0 Å². The molecule has 1 atom stereocenters. The number of ether oxygens (including phenoxy) is 1. The molecule has 0 radical (unpaired) electrons. The molecule has 0 aliphatic heterocycles. The van der Waals surface area contributed by atoms with Crippen molar-refractivity contribution in [1.82, 2.24) is 4.90 Å². The zero-order chi connectivity index (χ0) is 28.6. The van der Waals surface area contributed by atoms with E-state index in [1.165, 1.54) is 0 Å². The summed E-state index contributed by atoms with van der Waals surface area (Å²) in [6.07, 6.45) is -19.0. The third kappa shape index (κ3) is 3.53. The molecule has 1 aromatic carbocycles. The van der Waals surface area contributed by atoms with E-state index in [4.69, 9.17) is 26.7 Å². The van der Waals surface area contributed by atoms with Crippen molar-refractivity contribution < 1.29 is 31.8 Å². The fourth-order valence-electron chi connectivity index (χ4n) is 2.01. The number of methoxy groups -OCH3 is 1. The lowest BCUT2D eigenvalue weighted by Crippen LogP contribution is -2.42. The van der Waals surface area contributed by atoms with E-state index in [9.17, 15) is 5.11 Å². The van der Waals surface area contributed by atoms with Gasteiger partial charge >= 0.3 is 0 Å². The largest absolute Gasteiger partial charge is 0.497 e. The number of benzene rings is 1. The Morgan fingerprint density at radius 1 is 1.35 bits per heavy atom. The average molecular weight is 294 g/mol. The fraction of sp³-hybridized carbons (Fsp3) is 0.647. The summed E-state index contributed by atoms with van der Waals surface area (Å²) in [5.41, 5.74) is -3.88. The van der Waals surface area contributed by atoms with Crippen molar-refractivity contribution in [2.45, 2.75) is 43.4 Å². The third-order valence-corrected chi connectivity index (χ3v) is 2.99. The highest BCUT2D eigenvalue weighted by Crippen LogP contribution is 2.40. The van der Waals surface area contributed by atoms with Gasteiger partial charge in [0.05, 0.1) is 16.8 Å². The molecule has 1 aliphatic carbocycles. The summed E-state index contributed by atoms with van der Waals surface area (Å²) in [5.74, 6) is -2.19. The Bertz CT molecular complexity index is 923. The lowest BCUT2D eigenvalue weighted by Gasteiger charge is -2.40. The molecule has 1 aliphatic rings. The second-order valence-electron chi connectivity index (χ2n) is 4.50. The zero-order valence-corrected chi connectivity index (χ0v) is 10.9. The van der Waals surface area contributed by atoms with Gasteiger partial charge in [-0.2, -0.15) is 0 Å². The first kappa shape index (κ1) is 4.72. The van der Waals surface area contributed by atoms with Crippen LogP contribution in [0.2, 0.25) is 0 Å². The van der Waals surface area contributed by atoms with E-state index in [1.54, 1.807) is 0 Å². The summed E-state index contributed by atoms with van der Waals surface area (Å²) in [5, 5.41) is 11.8. The highest BCUT2D eigenvalue weighted by atomic mass is 16.5. The highest BCUT2D eigenvalue weighted by Gasteiger charge is 2.38. The van der Waals surface area contributed by atoms with Crippen LogP contribution in [-0.2, 0) is 0 Å². The van der Waals surface area contributed by atoms with Crippen LogP contribution in [0.15, 0.2) is 24.3 Å². The second-order valence-corrected chi connectivity index (χ2v) is 4.50. The first-order valence-electron chi connectivity index (χ1n) is 13.9. The van der Waals surface area contributed by atoms with Gasteiger partial charge in [0.2, 0.25) is 0 Å². The first-order chi connectivity index (χ1) is 15.7. The molecular formula is C17H27NO2. The lowest BCUT2D eigenvalue weighted by molar-refractivity contribution is -0.0277. The van der Waals surface area contributed by atoms with Crippen LogP contribution in [0.5, 0.6) is 5.75 Å². The van der Waals surface area contributed by atoms with Gasteiger partial charge in [-0.25, -0.2) is 0 Å². The Morgan fingerprint density at radius 3 is 2.65 bits per heavy atom. The van der Waals surface area contributed by atoms with E-state index >= 15 is 0 Å². The Hall–Kier alpha value is -1.06. The van der Waals surface area contributed by atoms with Gasteiger partial charge in [0.25, 0.3) is 0 Å². The zero-order valence-electron chi connectivity index (χ0n) is 26.9. The van der Waals surface area contributed by atoms with Crippen molar-refractivity contribution in [2.24, 2.45) is 0 Å². The van der Waals surface area contributed by atoms with Gasteiger partial charge in [-0.05, 0) is 44.5 Å². The van der Waals surface area contributed by atoms with Gasteiger partial charge < -0.3 is 14.7 Å². The Balaban J connectivity index is 2.85. The summed E-state index contributed by atoms with van der Waals surface area (Å²) in [7, 11) is -1.79. The topological polar surface area (TPSA) is 32.7 Å². The summed E-state index contributed by atoms with van der Waals surface area (Å²) in [4.78, 5) is 0.642. The van der Waals surface area contributed by atoms with Crippen molar-refractivity contribution in [3.8, 4) is 5.75 Å². The average Bonchev–Trinajstić information content (AvgIpc) is 2.68. The minimum Gasteiger partial charge on any atom is -0.497 e. The molecular weight excluding hydrogens is 250 g/mol. The number of likely N-dealkylation sites (N-methyl/N-ethyl adjacent to an activating group) is 1. The monoisotopic (exact) mass is 293 g/mol. The van der Waals surface area contributed by atoms with E-state index in [1.807, 2.05) is 0 Å². The molecule has 0 heterocycles. The van der Waals surface area contributed by atoms with E-state index in [0.717, 1.165) is 31.3 Å². The van der Waals surface area contributed by atoms with Crippen molar-refractivity contribution >= 4 is 0 Å². The van der Waals surface area contributed by atoms with Crippen LogP contribution >= 0.6 is 0 Å². The van der Waals surface area contributed by atoms with Gasteiger partial charge in [0.1, 0.15) is 5.75 Å². The fourth-order valence-corrected chi connectivity index (χ4v) is 2.01. The summed E-state index contributed by atoms with van der Waals surface area (Å²) in [6, 6.07) is 4.31. The minimum atomic E-state index is -3.81. The minimum absolute atomic E-state index is 0.201. The van der Waals surface area contributed by atoms with Gasteiger partial charge in [-0.3, -0.25) is 0 Å². The maximum absolute atomic E-state index is 11.8. The number of rotatable bonds is 5. The smallest absolute Gasteiger partial charge is 0.118 e. The molecule has 1 fully saturated rings. The van der Waals surface area contributed by atoms with Crippen LogP contribution in [0, 0.1) is 0 Å². The first-order valence-corrected chi connectivity index (χ1v) is 5.93. The molecule has 112 valence electrons. The van der Waals surface area contributed by atoms with Crippen LogP contribution in [0.3, 0.4) is 0 Å². The maximum atomic E-state index is 11.8. The Kier molecular flexibility index (Phi) is 1.56. The van der Waals surface area contributed by atoms with Crippen LogP contribution in [0.25, 0.3) is 0 Å². The summed E-state index contributed by atoms with van der Waals surface area (Å²) >= 11 is 0. The third-order valence-electron chi connectivity index (χ3n) is 2.99. The number of nitrogens with zero attached hydrogens (tertiary/aromatic N) is 1. The van der Waals surface area contributed by atoms with E-state index in [0.29, 0.717) is 4.90 Å². The van der Waals surface area contributed by atoms with Crippen LogP contribution in [0.4, 0.5) is 0 Å². The molecule has 1 aromatic rings. The number of hydrogen-bond donors (Lipinski definition) is 1. The number of aliphatic hydroxyl groups is 1. The maximum Gasteiger partial charge on any atom is 0.118 e. The normalized spacial score (nSPS) is 45.5. The van der Waals surface area contributed by atoms with E-state index < -0.39 is 63.9 Å². The molecule has 1 N–H and O–H groups in total. The summed E-state index contributed by atoms with van der Waals surface area (Å²) < 4.78 is 131. The van der Waals surface area contributed by atoms with Crippen LogP contribution in [0.1, 0.15) is 65.3 Å². The quantitative estimate of drug-likeness (QED) is 0.906. The molecule has 20 heavy (non-hydrogen) atoms. The Morgan fingerprint density at radius 2 is 2.05 bits per heavy atom. The lowest BCUT2D eigenvalue weighted by atomic mass is 9.72. The standard InChI is InChI=1S/C17H27NO2/c1-18(2)13-16(17(19)11-5-4-6-12-17)14-7-9-15(20-3)10-8-14/h7-10,16,19H,4-6,11-13H2,1-3H3/t16-/m1/s1/i1D3,3D3,4D2,5D2,6D2,11D2,12D2. The molecule has 0 aromatic heterocycles. The van der Waals surface area contributed by atoms with Gasteiger partial charge in [0.15, 0.2) is 0 Å². The molecule has 3 heteroatoms. The highest BCUT2D eigenvalue weighted by molar-refractivity contribution is 5.31. The predicted octanol–water partition coefficient (Wildman–Crippen LogP) is 3.04. The molecule has 1 saturated carbocycles. The second kappa shape index (κ2) is 6.59. The molecule has 0 spiro atoms. The van der Waals surface area contributed by atoms with E-state index in [-0.39, 0.29) is 11.3 Å².